The van der Waals surface area contributed by atoms with Crippen molar-refractivity contribution in [2.45, 2.75) is 37.8 Å². The Kier molecular flexibility index (Phi) is 7.19. The zero-order chi connectivity index (χ0) is 22.5. The van der Waals surface area contributed by atoms with Gasteiger partial charge in [0.15, 0.2) is 22.5 Å². The summed E-state index contributed by atoms with van der Waals surface area (Å²) < 4.78 is 23.7. The number of hydrogen-bond donors (Lipinski definition) is 1. The van der Waals surface area contributed by atoms with Crippen LogP contribution >= 0.6 is 11.8 Å². The highest BCUT2D eigenvalue weighted by molar-refractivity contribution is 7.99. The maximum atomic E-state index is 10.4. The first-order valence-electron chi connectivity index (χ1n) is 10.4. The van der Waals surface area contributed by atoms with E-state index in [-0.39, 0.29) is 19.4 Å². The molecule has 0 saturated carbocycles. The molecule has 0 bridgehead atoms. The number of hydrogen-bond acceptors (Lipinski definition) is 8. The van der Waals surface area contributed by atoms with Crippen LogP contribution in [0, 0.1) is 0 Å². The minimum absolute atomic E-state index is 0.170. The molecule has 0 spiro atoms. The van der Waals surface area contributed by atoms with Gasteiger partial charge >= 0.3 is 0 Å². The molecule has 2 heterocycles. The first-order valence-corrected chi connectivity index (χ1v) is 11.4. The molecule has 1 N–H and O–H groups in total. The van der Waals surface area contributed by atoms with Crippen molar-refractivity contribution in [2.24, 2.45) is 0 Å². The van der Waals surface area contributed by atoms with Crippen LogP contribution in [0.1, 0.15) is 25.5 Å². The second-order valence-electron chi connectivity index (χ2n) is 7.67. The fourth-order valence-electron chi connectivity index (χ4n) is 3.34. The third-order valence-corrected chi connectivity index (χ3v) is 6.04. The highest BCUT2D eigenvalue weighted by atomic mass is 32.2. The van der Waals surface area contributed by atoms with Gasteiger partial charge in [-0.15, -0.1) is 10.2 Å². The van der Waals surface area contributed by atoms with Crippen LogP contribution in [-0.2, 0) is 11.3 Å². The average molecular weight is 458 g/mol. The lowest BCUT2D eigenvalue weighted by Crippen LogP contribution is -2.18. The summed E-state index contributed by atoms with van der Waals surface area (Å²) in [5.41, 5.74) is 1.93. The lowest BCUT2D eigenvalue weighted by Gasteiger charge is -2.15. The summed E-state index contributed by atoms with van der Waals surface area (Å²) in [5, 5.41) is 19.9. The van der Waals surface area contributed by atoms with Crippen LogP contribution in [0.15, 0.2) is 47.6 Å². The molecule has 4 rings (SSSR count). The Balaban J connectivity index is 1.32. The number of fused-ring (bicyclic) bond motifs is 1. The topological polar surface area (TPSA) is 87.9 Å². The Morgan fingerprint density at radius 3 is 2.62 bits per heavy atom. The molecule has 2 aromatic carbocycles. The second kappa shape index (κ2) is 10.2. The molecule has 0 fully saturated rings. The van der Waals surface area contributed by atoms with Gasteiger partial charge in [-0.05, 0) is 55.8 Å². The number of aliphatic hydroxyl groups is 1. The number of methoxy groups -OCH3 is 1. The van der Waals surface area contributed by atoms with Gasteiger partial charge in [0.05, 0.1) is 26.4 Å². The maximum absolute atomic E-state index is 10.4. The second-order valence-corrected chi connectivity index (χ2v) is 8.65. The monoisotopic (exact) mass is 457 g/mol. The number of aromatic nitrogens is 3. The van der Waals surface area contributed by atoms with Gasteiger partial charge in [0.2, 0.25) is 6.79 Å². The summed E-state index contributed by atoms with van der Waals surface area (Å²) in [7, 11) is 1.64. The van der Waals surface area contributed by atoms with Crippen molar-refractivity contribution in [3.8, 4) is 28.6 Å². The predicted molar refractivity (Wildman–Crippen MR) is 121 cm³/mol. The van der Waals surface area contributed by atoms with Gasteiger partial charge in [-0.25, -0.2) is 0 Å². The SMILES string of the molecule is COc1ccc(-c2nnc(SCC(O)COCc3ccc4c(c3)OCO4)n2C(C)C)cc1. The number of rotatable bonds is 10. The van der Waals surface area contributed by atoms with E-state index in [1.165, 1.54) is 11.8 Å². The van der Waals surface area contributed by atoms with Crippen LogP contribution < -0.4 is 14.2 Å². The zero-order valence-electron chi connectivity index (χ0n) is 18.4. The molecular formula is C23H27N3O5S. The highest BCUT2D eigenvalue weighted by Crippen LogP contribution is 2.33. The average Bonchev–Trinajstić information content (AvgIpc) is 3.44. The third-order valence-electron chi connectivity index (χ3n) is 4.95. The normalized spacial score (nSPS) is 13.5. The van der Waals surface area contributed by atoms with Crippen molar-refractivity contribution in [3.05, 3.63) is 48.0 Å². The van der Waals surface area contributed by atoms with Crippen molar-refractivity contribution in [1.29, 1.82) is 0 Å². The van der Waals surface area contributed by atoms with Crippen molar-refractivity contribution in [2.75, 3.05) is 26.3 Å². The van der Waals surface area contributed by atoms with E-state index in [0.29, 0.717) is 12.4 Å². The minimum Gasteiger partial charge on any atom is -0.497 e. The van der Waals surface area contributed by atoms with Gasteiger partial charge in [0, 0.05) is 17.4 Å². The quantitative estimate of drug-likeness (QED) is 0.458. The lowest BCUT2D eigenvalue weighted by molar-refractivity contribution is 0.0397. The van der Waals surface area contributed by atoms with Crippen molar-refractivity contribution < 1.29 is 24.1 Å². The summed E-state index contributed by atoms with van der Waals surface area (Å²) in [6, 6.07) is 13.6. The maximum Gasteiger partial charge on any atom is 0.231 e. The van der Waals surface area contributed by atoms with Crippen LogP contribution in [0.4, 0.5) is 0 Å². The molecule has 170 valence electrons. The van der Waals surface area contributed by atoms with Gasteiger partial charge in [-0.3, -0.25) is 4.57 Å². The van der Waals surface area contributed by atoms with Gasteiger partial charge in [-0.2, -0.15) is 0 Å². The third kappa shape index (κ3) is 5.17. The summed E-state index contributed by atoms with van der Waals surface area (Å²) in [4.78, 5) is 0. The molecule has 1 aromatic heterocycles. The van der Waals surface area contributed by atoms with Crippen LogP contribution in [0.2, 0.25) is 0 Å². The molecule has 1 unspecified atom stereocenters. The number of nitrogens with zero attached hydrogens (tertiary/aromatic N) is 3. The Morgan fingerprint density at radius 1 is 1.09 bits per heavy atom. The Morgan fingerprint density at radius 2 is 1.88 bits per heavy atom. The molecule has 32 heavy (non-hydrogen) atoms. The van der Waals surface area contributed by atoms with E-state index >= 15 is 0 Å². The Bertz CT molecular complexity index is 1040. The fourth-order valence-corrected chi connectivity index (χ4v) is 4.31. The van der Waals surface area contributed by atoms with Crippen LogP contribution in [0.25, 0.3) is 11.4 Å². The summed E-state index contributed by atoms with van der Waals surface area (Å²) in [5.74, 6) is 3.51. The summed E-state index contributed by atoms with van der Waals surface area (Å²) in [6.07, 6.45) is -0.629. The highest BCUT2D eigenvalue weighted by Gasteiger charge is 2.18. The molecule has 1 aliphatic heterocycles. The zero-order valence-corrected chi connectivity index (χ0v) is 19.2. The number of ether oxygens (including phenoxy) is 4. The fraction of sp³-hybridized carbons (Fsp3) is 0.391. The molecular weight excluding hydrogens is 430 g/mol. The predicted octanol–water partition coefficient (Wildman–Crippen LogP) is 3.93. The first kappa shape index (κ1) is 22.4. The molecule has 0 aliphatic carbocycles. The Labute approximate surface area is 191 Å². The number of benzene rings is 2. The van der Waals surface area contributed by atoms with Gasteiger partial charge in [0.25, 0.3) is 0 Å². The van der Waals surface area contributed by atoms with Crippen LogP contribution in [0.3, 0.4) is 0 Å². The van der Waals surface area contributed by atoms with E-state index < -0.39 is 6.10 Å². The van der Waals surface area contributed by atoms with Crippen LogP contribution in [0.5, 0.6) is 17.2 Å². The van der Waals surface area contributed by atoms with E-state index in [4.69, 9.17) is 18.9 Å². The van der Waals surface area contributed by atoms with Gasteiger partial charge in [-0.1, -0.05) is 17.8 Å². The molecule has 1 atom stereocenters. The van der Waals surface area contributed by atoms with E-state index in [1.54, 1.807) is 7.11 Å². The van der Waals surface area contributed by atoms with Gasteiger partial charge < -0.3 is 24.1 Å². The minimum atomic E-state index is -0.629. The van der Waals surface area contributed by atoms with Crippen molar-refractivity contribution in [3.63, 3.8) is 0 Å². The lowest BCUT2D eigenvalue weighted by atomic mass is 10.2. The molecule has 0 radical (unpaired) electrons. The first-order chi connectivity index (χ1) is 15.5. The molecule has 0 saturated heterocycles. The molecule has 0 amide bonds. The van der Waals surface area contributed by atoms with E-state index in [9.17, 15) is 5.11 Å². The number of aliphatic hydroxyl groups excluding tert-OH is 1. The van der Waals surface area contributed by atoms with E-state index in [1.807, 2.05) is 42.5 Å². The summed E-state index contributed by atoms with van der Waals surface area (Å²) in [6.45, 7) is 5.04. The Hall–Kier alpha value is -2.75. The standard InChI is InChI=1S/C23H27N3O5S/c1-15(2)26-22(17-5-7-19(28-3)8-6-17)24-25-23(26)32-13-18(27)12-29-11-16-4-9-20-21(10-16)31-14-30-20/h4-10,15,18,27H,11-14H2,1-3H3. The van der Waals surface area contributed by atoms with Crippen LogP contribution in [-0.4, -0.2) is 52.2 Å². The molecule has 3 aromatic rings. The largest absolute Gasteiger partial charge is 0.497 e. The molecule has 1 aliphatic rings. The summed E-state index contributed by atoms with van der Waals surface area (Å²) >= 11 is 1.47. The molecule has 9 heteroatoms. The van der Waals surface area contributed by atoms with Crippen molar-refractivity contribution in [1.82, 2.24) is 14.8 Å². The van der Waals surface area contributed by atoms with E-state index in [0.717, 1.165) is 39.4 Å². The number of thioether (sulfide) groups is 1. The molecule has 8 nitrogen and oxygen atoms in total. The van der Waals surface area contributed by atoms with Crippen molar-refractivity contribution >= 4 is 11.8 Å². The van der Waals surface area contributed by atoms with E-state index in [2.05, 4.69) is 28.6 Å². The smallest absolute Gasteiger partial charge is 0.231 e. The van der Waals surface area contributed by atoms with Gasteiger partial charge in [0.1, 0.15) is 5.75 Å².